The lowest BCUT2D eigenvalue weighted by Crippen LogP contribution is -2.50. The standard InChI is InChI=1S/C15H26N6/c1-11-14(19-16)17-12(2)18-15(11)21-9-7-20(8-10-21)13-5-3-4-6-13/h13H,3-10,16H2,1-2H3,(H,17,18,19). The molecule has 0 amide bonds. The maximum absolute atomic E-state index is 5.56. The van der Waals surface area contributed by atoms with Gasteiger partial charge in [-0.05, 0) is 26.7 Å². The van der Waals surface area contributed by atoms with Crippen LogP contribution in [0.25, 0.3) is 0 Å². The molecule has 0 bridgehead atoms. The van der Waals surface area contributed by atoms with Crippen molar-refractivity contribution in [3.63, 3.8) is 0 Å². The quantitative estimate of drug-likeness (QED) is 0.648. The summed E-state index contributed by atoms with van der Waals surface area (Å²) in [6.45, 7) is 8.30. The Morgan fingerprint density at radius 3 is 2.33 bits per heavy atom. The fraction of sp³-hybridized carbons (Fsp3) is 0.733. The van der Waals surface area contributed by atoms with Crippen LogP contribution in [0.15, 0.2) is 0 Å². The van der Waals surface area contributed by atoms with Crippen molar-refractivity contribution in [1.82, 2.24) is 14.9 Å². The highest BCUT2D eigenvalue weighted by molar-refractivity contribution is 5.58. The number of hydrazine groups is 1. The summed E-state index contributed by atoms with van der Waals surface area (Å²) in [5.74, 6) is 8.08. The van der Waals surface area contributed by atoms with Gasteiger partial charge in [-0.25, -0.2) is 15.8 Å². The lowest BCUT2D eigenvalue weighted by Gasteiger charge is -2.39. The summed E-state index contributed by atoms with van der Waals surface area (Å²) >= 11 is 0. The molecule has 116 valence electrons. The number of hydrogen-bond donors (Lipinski definition) is 2. The van der Waals surface area contributed by atoms with Gasteiger partial charge < -0.3 is 10.3 Å². The zero-order chi connectivity index (χ0) is 14.8. The minimum Gasteiger partial charge on any atom is -0.354 e. The third kappa shape index (κ3) is 2.96. The minimum atomic E-state index is 0.732. The number of hydrogen-bond acceptors (Lipinski definition) is 6. The Balaban J connectivity index is 1.70. The maximum atomic E-state index is 5.56. The Morgan fingerprint density at radius 2 is 1.71 bits per heavy atom. The van der Waals surface area contributed by atoms with E-state index in [0.717, 1.165) is 55.2 Å². The molecule has 6 heteroatoms. The van der Waals surface area contributed by atoms with Gasteiger partial charge in [0.05, 0.1) is 0 Å². The monoisotopic (exact) mass is 290 g/mol. The number of anilines is 2. The molecule has 0 radical (unpaired) electrons. The molecule has 1 aliphatic heterocycles. The first kappa shape index (κ1) is 14.5. The molecule has 0 atom stereocenters. The van der Waals surface area contributed by atoms with Gasteiger partial charge in [-0.2, -0.15) is 0 Å². The average molecular weight is 290 g/mol. The van der Waals surface area contributed by atoms with E-state index in [1.165, 1.54) is 25.7 Å². The van der Waals surface area contributed by atoms with E-state index >= 15 is 0 Å². The van der Waals surface area contributed by atoms with Gasteiger partial charge in [0.15, 0.2) is 0 Å². The SMILES string of the molecule is Cc1nc(NN)c(C)c(N2CCN(C3CCCC3)CC2)n1. The molecule has 1 aromatic rings. The summed E-state index contributed by atoms with van der Waals surface area (Å²) in [5.41, 5.74) is 3.72. The Labute approximate surface area is 126 Å². The molecule has 3 N–H and O–H groups in total. The molecule has 0 aromatic carbocycles. The Kier molecular flexibility index (Phi) is 4.26. The van der Waals surface area contributed by atoms with Crippen molar-refractivity contribution in [2.45, 2.75) is 45.6 Å². The fourth-order valence-corrected chi connectivity index (χ4v) is 3.63. The molecule has 0 unspecified atom stereocenters. The van der Waals surface area contributed by atoms with Crippen LogP contribution in [0.1, 0.15) is 37.1 Å². The van der Waals surface area contributed by atoms with E-state index < -0.39 is 0 Å². The smallest absolute Gasteiger partial charge is 0.148 e. The van der Waals surface area contributed by atoms with Crippen molar-refractivity contribution < 1.29 is 0 Å². The van der Waals surface area contributed by atoms with E-state index in [9.17, 15) is 0 Å². The van der Waals surface area contributed by atoms with E-state index in [-0.39, 0.29) is 0 Å². The van der Waals surface area contributed by atoms with Gasteiger partial charge in [-0.3, -0.25) is 4.90 Å². The predicted molar refractivity (Wildman–Crippen MR) is 85.4 cm³/mol. The number of aryl methyl sites for hydroxylation is 1. The number of nitrogens with zero attached hydrogens (tertiary/aromatic N) is 4. The van der Waals surface area contributed by atoms with E-state index in [1.54, 1.807) is 0 Å². The molecule has 1 saturated heterocycles. The van der Waals surface area contributed by atoms with Crippen molar-refractivity contribution in [1.29, 1.82) is 0 Å². The molecule has 21 heavy (non-hydrogen) atoms. The lowest BCUT2D eigenvalue weighted by molar-refractivity contribution is 0.187. The summed E-state index contributed by atoms with van der Waals surface area (Å²) < 4.78 is 0. The largest absolute Gasteiger partial charge is 0.354 e. The number of nitrogens with two attached hydrogens (primary N) is 1. The molecule has 2 fully saturated rings. The number of aromatic nitrogens is 2. The van der Waals surface area contributed by atoms with Crippen molar-refractivity contribution in [2.24, 2.45) is 5.84 Å². The Morgan fingerprint density at radius 1 is 1.05 bits per heavy atom. The van der Waals surface area contributed by atoms with Crippen LogP contribution >= 0.6 is 0 Å². The number of rotatable bonds is 3. The molecule has 2 aliphatic rings. The van der Waals surface area contributed by atoms with Gasteiger partial charge in [0.25, 0.3) is 0 Å². The molecule has 1 aromatic heterocycles. The second-order valence-electron chi connectivity index (χ2n) is 6.17. The van der Waals surface area contributed by atoms with E-state index in [0.29, 0.717) is 0 Å². The average Bonchev–Trinajstić information content (AvgIpc) is 3.04. The summed E-state index contributed by atoms with van der Waals surface area (Å²) in [4.78, 5) is 14.0. The highest BCUT2D eigenvalue weighted by Crippen LogP contribution is 2.27. The van der Waals surface area contributed by atoms with Crippen molar-refractivity contribution in [3.8, 4) is 0 Å². The molecule has 6 nitrogen and oxygen atoms in total. The number of piperazine rings is 1. The summed E-state index contributed by atoms with van der Waals surface area (Å²) in [5, 5.41) is 0. The number of nitrogen functional groups attached to an aromatic ring is 1. The third-order valence-corrected chi connectivity index (χ3v) is 4.82. The predicted octanol–water partition coefficient (Wildman–Crippen LogP) is 1.44. The van der Waals surface area contributed by atoms with Gasteiger partial charge in [-0.1, -0.05) is 12.8 Å². The van der Waals surface area contributed by atoms with Crippen LogP contribution in [-0.2, 0) is 0 Å². The van der Waals surface area contributed by atoms with E-state index in [1.807, 2.05) is 13.8 Å². The molecule has 1 aliphatic carbocycles. The topological polar surface area (TPSA) is 70.3 Å². The Bertz CT molecular complexity index is 489. The normalized spacial score (nSPS) is 21.0. The van der Waals surface area contributed by atoms with Gasteiger partial charge in [-0.15, -0.1) is 0 Å². The number of nitrogens with one attached hydrogen (secondary N) is 1. The molecule has 2 heterocycles. The minimum absolute atomic E-state index is 0.732. The second-order valence-corrected chi connectivity index (χ2v) is 6.17. The fourth-order valence-electron chi connectivity index (χ4n) is 3.63. The van der Waals surface area contributed by atoms with Gasteiger partial charge in [0.2, 0.25) is 0 Å². The zero-order valence-corrected chi connectivity index (χ0v) is 13.1. The van der Waals surface area contributed by atoms with Crippen LogP contribution in [0.5, 0.6) is 0 Å². The second kappa shape index (κ2) is 6.15. The van der Waals surface area contributed by atoms with Crippen LogP contribution in [0.3, 0.4) is 0 Å². The van der Waals surface area contributed by atoms with Gasteiger partial charge in [0.1, 0.15) is 17.5 Å². The van der Waals surface area contributed by atoms with Crippen molar-refractivity contribution >= 4 is 11.6 Å². The first-order valence-electron chi connectivity index (χ1n) is 8.00. The maximum Gasteiger partial charge on any atom is 0.148 e. The summed E-state index contributed by atoms with van der Waals surface area (Å²) in [6.07, 6.45) is 5.57. The summed E-state index contributed by atoms with van der Waals surface area (Å²) in [6, 6.07) is 0.821. The highest BCUT2D eigenvalue weighted by Gasteiger charge is 2.27. The van der Waals surface area contributed by atoms with Gasteiger partial charge >= 0.3 is 0 Å². The first-order valence-corrected chi connectivity index (χ1v) is 8.00. The van der Waals surface area contributed by atoms with E-state index in [4.69, 9.17) is 5.84 Å². The van der Waals surface area contributed by atoms with Crippen LogP contribution < -0.4 is 16.2 Å². The molecule has 0 spiro atoms. The highest BCUT2D eigenvalue weighted by atomic mass is 15.3. The lowest BCUT2D eigenvalue weighted by atomic mass is 10.1. The van der Waals surface area contributed by atoms with Crippen LogP contribution in [-0.4, -0.2) is 47.1 Å². The van der Waals surface area contributed by atoms with Gasteiger partial charge in [0, 0.05) is 37.8 Å². The molecular formula is C15H26N6. The van der Waals surface area contributed by atoms with Crippen LogP contribution in [0.2, 0.25) is 0 Å². The summed E-state index contributed by atoms with van der Waals surface area (Å²) in [7, 11) is 0. The molecule has 3 rings (SSSR count). The molecular weight excluding hydrogens is 264 g/mol. The molecule has 1 saturated carbocycles. The first-order chi connectivity index (χ1) is 10.2. The zero-order valence-electron chi connectivity index (χ0n) is 13.1. The third-order valence-electron chi connectivity index (χ3n) is 4.82. The Hall–Kier alpha value is -1.40. The van der Waals surface area contributed by atoms with Crippen molar-refractivity contribution in [3.05, 3.63) is 11.4 Å². The van der Waals surface area contributed by atoms with Crippen LogP contribution in [0.4, 0.5) is 11.6 Å². The van der Waals surface area contributed by atoms with Crippen molar-refractivity contribution in [2.75, 3.05) is 36.5 Å². The van der Waals surface area contributed by atoms with E-state index in [2.05, 4.69) is 25.2 Å². The van der Waals surface area contributed by atoms with Crippen LogP contribution in [0, 0.1) is 13.8 Å².